The predicted octanol–water partition coefficient (Wildman–Crippen LogP) is 3.14. The molecule has 2 N–H and O–H groups in total. The van der Waals surface area contributed by atoms with Crippen molar-refractivity contribution in [1.82, 2.24) is 9.97 Å². The number of anilines is 1. The molecule has 0 amide bonds. The quantitative estimate of drug-likeness (QED) is 0.719. The van der Waals surface area contributed by atoms with Gasteiger partial charge in [0.05, 0.1) is 12.2 Å². The molecule has 1 aliphatic heterocycles. The number of rotatable bonds is 1. The largest absolute Gasteiger partial charge is 0.506 e. The zero-order valence-electron chi connectivity index (χ0n) is 11.9. The Morgan fingerprint density at radius 2 is 2.05 bits per heavy atom. The molecule has 0 bridgehead atoms. The number of aryl methyl sites for hydroxylation is 1. The van der Waals surface area contributed by atoms with E-state index in [1.54, 1.807) is 6.07 Å². The van der Waals surface area contributed by atoms with Gasteiger partial charge < -0.3 is 15.0 Å². The first-order valence-corrected chi connectivity index (χ1v) is 7.22. The molecule has 0 saturated heterocycles. The van der Waals surface area contributed by atoms with E-state index in [0.29, 0.717) is 5.69 Å². The van der Waals surface area contributed by atoms with Crippen LogP contribution in [0.3, 0.4) is 0 Å². The van der Waals surface area contributed by atoms with E-state index in [0.717, 1.165) is 25.3 Å². The van der Waals surface area contributed by atoms with Crippen molar-refractivity contribution in [3.8, 4) is 5.75 Å². The van der Waals surface area contributed by atoms with Crippen LogP contribution in [-0.4, -0.2) is 21.6 Å². The zero-order chi connectivity index (χ0) is 14.4. The van der Waals surface area contributed by atoms with Crippen molar-refractivity contribution in [1.29, 1.82) is 0 Å². The van der Waals surface area contributed by atoms with Crippen LogP contribution in [-0.2, 0) is 13.0 Å². The van der Waals surface area contributed by atoms with Gasteiger partial charge >= 0.3 is 0 Å². The Labute approximate surface area is 123 Å². The highest BCUT2D eigenvalue weighted by molar-refractivity contribution is 5.85. The van der Waals surface area contributed by atoms with Gasteiger partial charge in [-0.15, -0.1) is 0 Å². The van der Waals surface area contributed by atoms with E-state index in [9.17, 15) is 5.11 Å². The molecule has 4 nitrogen and oxygen atoms in total. The number of para-hydroxylation sites is 1. The number of aromatic nitrogens is 2. The molecular formula is C17H17N3O. The van der Waals surface area contributed by atoms with Crippen LogP contribution >= 0.6 is 0 Å². The van der Waals surface area contributed by atoms with Crippen LogP contribution < -0.4 is 4.90 Å². The van der Waals surface area contributed by atoms with Gasteiger partial charge in [0.1, 0.15) is 11.6 Å². The third-order valence-electron chi connectivity index (χ3n) is 4.25. The van der Waals surface area contributed by atoms with Gasteiger partial charge in [0.15, 0.2) is 0 Å². The summed E-state index contributed by atoms with van der Waals surface area (Å²) in [4.78, 5) is 10.3. The Balaban J connectivity index is 1.71. The molecule has 1 aromatic carbocycles. The van der Waals surface area contributed by atoms with E-state index in [1.807, 2.05) is 13.0 Å². The van der Waals surface area contributed by atoms with E-state index in [4.69, 9.17) is 0 Å². The van der Waals surface area contributed by atoms with Gasteiger partial charge in [-0.25, -0.2) is 4.98 Å². The molecule has 0 unspecified atom stereocenters. The Kier molecular flexibility index (Phi) is 2.64. The summed E-state index contributed by atoms with van der Waals surface area (Å²) in [6, 6.07) is 12.1. The molecule has 1 aliphatic rings. The molecule has 4 rings (SSSR count). The van der Waals surface area contributed by atoms with E-state index < -0.39 is 0 Å². The fourth-order valence-corrected chi connectivity index (χ4v) is 3.11. The van der Waals surface area contributed by atoms with Crippen molar-refractivity contribution in [2.45, 2.75) is 19.9 Å². The summed E-state index contributed by atoms with van der Waals surface area (Å²) in [5, 5.41) is 10.9. The molecule has 106 valence electrons. The zero-order valence-corrected chi connectivity index (χ0v) is 11.9. The summed E-state index contributed by atoms with van der Waals surface area (Å²) in [7, 11) is 0. The third-order valence-corrected chi connectivity index (χ3v) is 4.25. The van der Waals surface area contributed by atoms with Crippen LogP contribution in [0.2, 0.25) is 0 Å². The Morgan fingerprint density at radius 3 is 2.90 bits per heavy atom. The highest BCUT2D eigenvalue weighted by Gasteiger charge is 2.21. The molecule has 0 saturated carbocycles. The number of aromatic hydroxyl groups is 1. The first kappa shape index (κ1) is 12.3. The van der Waals surface area contributed by atoms with E-state index in [2.05, 4.69) is 39.1 Å². The van der Waals surface area contributed by atoms with E-state index in [-0.39, 0.29) is 5.75 Å². The molecular weight excluding hydrogens is 262 g/mol. The van der Waals surface area contributed by atoms with Crippen LogP contribution in [0.25, 0.3) is 10.9 Å². The van der Waals surface area contributed by atoms with Gasteiger partial charge in [0, 0.05) is 23.1 Å². The molecule has 0 fully saturated rings. The van der Waals surface area contributed by atoms with Crippen molar-refractivity contribution in [3.05, 3.63) is 53.3 Å². The molecule has 0 atom stereocenters. The summed E-state index contributed by atoms with van der Waals surface area (Å²) in [6.07, 6.45) is 1.01. The maximum absolute atomic E-state index is 9.61. The SMILES string of the molecule is Cc1nc(N2CCc3c([nH]c4ccccc34)C2)ccc1O. The molecule has 4 heteroatoms. The van der Waals surface area contributed by atoms with Crippen LogP contribution in [0.15, 0.2) is 36.4 Å². The first-order valence-electron chi connectivity index (χ1n) is 7.22. The standard InChI is InChI=1S/C17H17N3O/c1-11-16(21)6-7-17(18-11)20-9-8-13-12-4-2-3-5-14(12)19-15(13)10-20/h2-7,19,21H,8-10H2,1H3. The van der Waals surface area contributed by atoms with E-state index >= 15 is 0 Å². The summed E-state index contributed by atoms with van der Waals surface area (Å²) < 4.78 is 0. The van der Waals surface area contributed by atoms with Crippen molar-refractivity contribution >= 4 is 16.7 Å². The maximum Gasteiger partial charge on any atom is 0.136 e. The fourth-order valence-electron chi connectivity index (χ4n) is 3.11. The van der Waals surface area contributed by atoms with Crippen molar-refractivity contribution in [2.75, 3.05) is 11.4 Å². The summed E-state index contributed by atoms with van der Waals surface area (Å²) in [6.45, 7) is 3.62. The molecule has 2 aromatic heterocycles. The van der Waals surface area contributed by atoms with Crippen molar-refractivity contribution in [2.24, 2.45) is 0 Å². The average Bonchev–Trinajstić information content (AvgIpc) is 2.87. The molecule has 0 radical (unpaired) electrons. The summed E-state index contributed by atoms with van der Waals surface area (Å²) in [5.41, 5.74) is 4.58. The predicted molar refractivity (Wildman–Crippen MR) is 83.7 cm³/mol. The highest BCUT2D eigenvalue weighted by atomic mass is 16.3. The number of fused-ring (bicyclic) bond motifs is 3. The minimum atomic E-state index is 0.252. The number of benzene rings is 1. The molecule has 3 aromatic rings. The van der Waals surface area contributed by atoms with Gasteiger partial charge in [-0.3, -0.25) is 0 Å². The number of hydrogen-bond acceptors (Lipinski definition) is 3. The Bertz CT molecular complexity index is 822. The smallest absolute Gasteiger partial charge is 0.136 e. The fraction of sp³-hybridized carbons (Fsp3) is 0.235. The number of nitrogens with one attached hydrogen (secondary N) is 1. The van der Waals surface area contributed by atoms with Crippen LogP contribution in [0, 0.1) is 6.92 Å². The lowest BCUT2D eigenvalue weighted by Crippen LogP contribution is -2.30. The third kappa shape index (κ3) is 1.95. The topological polar surface area (TPSA) is 52.2 Å². The molecule has 3 heterocycles. The lowest BCUT2D eigenvalue weighted by Gasteiger charge is -2.28. The van der Waals surface area contributed by atoms with Gasteiger partial charge in [-0.1, -0.05) is 18.2 Å². The monoisotopic (exact) mass is 279 g/mol. The minimum Gasteiger partial charge on any atom is -0.506 e. The average molecular weight is 279 g/mol. The second-order valence-corrected chi connectivity index (χ2v) is 5.57. The minimum absolute atomic E-state index is 0.252. The van der Waals surface area contributed by atoms with Crippen LogP contribution in [0.5, 0.6) is 5.75 Å². The molecule has 0 aliphatic carbocycles. The summed E-state index contributed by atoms with van der Waals surface area (Å²) in [5.74, 6) is 1.18. The lowest BCUT2D eigenvalue weighted by molar-refractivity contribution is 0.467. The second-order valence-electron chi connectivity index (χ2n) is 5.57. The van der Waals surface area contributed by atoms with E-state index in [1.165, 1.54) is 22.2 Å². The Morgan fingerprint density at radius 1 is 1.19 bits per heavy atom. The van der Waals surface area contributed by atoms with Gasteiger partial charge in [0.25, 0.3) is 0 Å². The van der Waals surface area contributed by atoms with Crippen LogP contribution in [0.4, 0.5) is 5.82 Å². The first-order chi connectivity index (χ1) is 10.2. The van der Waals surface area contributed by atoms with Gasteiger partial charge in [-0.05, 0) is 37.1 Å². The van der Waals surface area contributed by atoms with Gasteiger partial charge in [0.2, 0.25) is 0 Å². The van der Waals surface area contributed by atoms with Crippen molar-refractivity contribution < 1.29 is 5.11 Å². The second kappa shape index (κ2) is 4.52. The molecule has 21 heavy (non-hydrogen) atoms. The number of nitrogens with zero attached hydrogens (tertiary/aromatic N) is 2. The number of hydrogen-bond donors (Lipinski definition) is 2. The van der Waals surface area contributed by atoms with Gasteiger partial charge in [-0.2, -0.15) is 0 Å². The Hall–Kier alpha value is -2.49. The van der Waals surface area contributed by atoms with Crippen molar-refractivity contribution in [3.63, 3.8) is 0 Å². The molecule has 0 spiro atoms. The highest BCUT2D eigenvalue weighted by Crippen LogP contribution is 2.30. The normalized spacial score (nSPS) is 14.4. The lowest BCUT2D eigenvalue weighted by atomic mass is 10.0. The number of pyridine rings is 1. The summed E-state index contributed by atoms with van der Waals surface area (Å²) >= 11 is 0. The van der Waals surface area contributed by atoms with Crippen LogP contribution in [0.1, 0.15) is 17.0 Å². The number of aromatic amines is 1. The number of H-pyrrole nitrogens is 1. The maximum atomic E-state index is 9.61.